The first-order valence-electron chi connectivity index (χ1n) is 9.98. The quantitative estimate of drug-likeness (QED) is 0.473. The maximum absolute atomic E-state index is 12.6. The van der Waals surface area contributed by atoms with E-state index in [-0.39, 0.29) is 5.91 Å². The molecule has 0 bridgehead atoms. The summed E-state index contributed by atoms with van der Waals surface area (Å²) in [6, 6.07) is 12.0. The minimum Gasteiger partial charge on any atom is -0.493 e. The summed E-state index contributed by atoms with van der Waals surface area (Å²) in [5, 5.41) is 8.91. The van der Waals surface area contributed by atoms with Crippen molar-refractivity contribution in [2.75, 3.05) is 33.6 Å². The van der Waals surface area contributed by atoms with Gasteiger partial charge in [-0.05, 0) is 61.2 Å². The molecule has 0 saturated carbocycles. The number of amides is 1. The summed E-state index contributed by atoms with van der Waals surface area (Å²) in [5.41, 5.74) is 4.51. The number of hydrogen-bond acceptors (Lipinski definition) is 6. The van der Waals surface area contributed by atoms with Crippen LogP contribution in [0.2, 0.25) is 0 Å². The van der Waals surface area contributed by atoms with Gasteiger partial charge in [0.2, 0.25) is 5.91 Å². The zero-order valence-electron chi connectivity index (χ0n) is 18.6. The lowest BCUT2D eigenvalue weighted by molar-refractivity contribution is -0.127. The number of hydrogen-bond donors (Lipinski definition) is 0. The van der Waals surface area contributed by atoms with Gasteiger partial charge in [-0.2, -0.15) is 0 Å². The maximum Gasteiger partial charge on any atom is 0.232 e. The molecule has 1 aromatic heterocycles. The van der Waals surface area contributed by atoms with Crippen molar-refractivity contribution in [2.24, 2.45) is 0 Å². The molecule has 0 aliphatic heterocycles. The molecule has 31 heavy (non-hydrogen) atoms. The summed E-state index contributed by atoms with van der Waals surface area (Å²) >= 11 is 1.39. The van der Waals surface area contributed by atoms with Crippen LogP contribution in [0, 0.1) is 13.8 Å². The van der Waals surface area contributed by atoms with Crippen LogP contribution in [-0.4, -0.2) is 59.1 Å². The zero-order chi connectivity index (χ0) is 22.4. The molecule has 0 unspecified atom stereocenters. The third kappa shape index (κ3) is 5.58. The van der Waals surface area contributed by atoms with E-state index in [9.17, 15) is 4.79 Å². The first-order chi connectivity index (χ1) is 14.9. The van der Waals surface area contributed by atoms with Crippen LogP contribution >= 0.6 is 11.8 Å². The van der Waals surface area contributed by atoms with E-state index in [1.165, 1.54) is 22.9 Å². The lowest BCUT2D eigenvalue weighted by Crippen LogP contribution is -2.30. The molecule has 0 saturated heterocycles. The molecular formula is C23H28N4O3S. The summed E-state index contributed by atoms with van der Waals surface area (Å²) in [6.45, 7) is 4.77. The van der Waals surface area contributed by atoms with E-state index in [2.05, 4.69) is 36.2 Å². The molecule has 1 heterocycles. The Morgan fingerprint density at radius 2 is 1.84 bits per heavy atom. The van der Waals surface area contributed by atoms with Crippen LogP contribution in [0.15, 0.2) is 47.9 Å². The van der Waals surface area contributed by atoms with Crippen molar-refractivity contribution in [2.45, 2.75) is 25.4 Å². The van der Waals surface area contributed by atoms with Crippen LogP contribution in [-0.2, 0) is 11.2 Å². The maximum atomic E-state index is 12.6. The van der Waals surface area contributed by atoms with Gasteiger partial charge in [-0.25, -0.2) is 0 Å². The van der Waals surface area contributed by atoms with Gasteiger partial charge in [0.15, 0.2) is 16.7 Å². The smallest absolute Gasteiger partial charge is 0.232 e. The Morgan fingerprint density at radius 1 is 1.06 bits per heavy atom. The van der Waals surface area contributed by atoms with Crippen molar-refractivity contribution >= 4 is 17.7 Å². The van der Waals surface area contributed by atoms with E-state index >= 15 is 0 Å². The summed E-state index contributed by atoms with van der Waals surface area (Å²) in [4.78, 5) is 14.4. The summed E-state index contributed by atoms with van der Waals surface area (Å²) in [5.74, 6) is 1.72. The van der Waals surface area contributed by atoms with Crippen molar-refractivity contribution in [3.8, 4) is 17.2 Å². The lowest BCUT2D eigenvalue weighted by Gasteiger charge is -2.17. The van der Waals surface area contributed by atoms with Gasteiger partial charge in [-0.1, -0.05) is 23.9 Å². The lowest BCUT2D eigenvalue weighted by atomic mass is 10.1. The van der Waals surface area contributed by atoms with Crippen molar-refractivity contribution in [1.82, 2.24) is 19.7 Å². The van der Waals surface area contributed by atoms with E-state index in [0.717, 1.165) is 17.7 Å². The molecule has 0 fully saturated rings. The van der Waals surface area contributed by atoms with Gasteiger partial charge < -0.3 is 14.4 Å². The van der Waals surface area contributed by atoms with Crippen LogP contribution in [0.4, 0.5) is 0 Å². The molecule has 3 aromatic rings. The molecule has 0 N–H and O–H groups in total. The molecule has 3 rings (SSSR count). The topological polar surface area (TPSA) is 69.5 Å². The number of thioether (sulfide) groups is 1. The van der Waals surface area contributed by atoms with E-state index in [0.29, 0.717) is 29.0 Å². The molecule has 2 aromatic carbocycles. The van der Waals surface area contributed by atoms with Crippen molar-refractivity contribution in [3.63, 3.8) is 0 Å². The molecule has 0 spiro atoms. The monoisotopic (exact) mass is 440 g/mol. The Morgan fingerprint density at radius 3 is 2.55 bits per heavy atom. The van der Waals surface area contributed by atoms with E-state index in [1.54, 1.807) is 25.4 Å². The first-order valence-corrected chi connectivity index (χ1v) is 11.0. The molecule has 1 amide bonds. The molecule has 0 aliphatic rings. The standard InChI is InChI=1S/C23H28N4O3S/c1-16-6-8-19(12-17(16)2)27-15-24-25-23(27)31-14-22(28)26(3)11-10-18-7-9-20(29-4)21(13-18)30-5/h6-9,12-13,15H,10-11,14H2,1-5H3. The van der Waals surface area contributed by atoms with E-state index < -0.39 is 0 Å². The highest BCUT2D eigenvalue weighted by molar-refractivity contribution is 7.99. The minimum atomic E-state index is 0.0418. The Balaban J connectivity index is 1.57. The van der Waals surface area contributed by atoms with Gasteiger partial charge in [-0.3, -0.25) is 9.36 Å². The first kappa shape index (κ1) is 22.7. The number of nitrogens with zero attached hydrogens (tertiary/aromatic N) is 4. The Hall–Kier alpha value is -3.00. The van der Waals surface area contributed by atoms with Crippen LogP contribution in [0.5, 0.6) is 11.5 Å². The molecule has 0 radical (unpaired) electrons. The predicted molar refractivity (Wildman–Crippen MR) is 122 cm³/mol. The second-order valence-electron chi connectivity index (χ2n) is 7.30. The third-order valence-electron chi connectivity index (χ3n) is 5.22. The van der Waals surface area contributed by atoms with Gasteiger partial charge in [0.1, 0.15) is 6.33 Å². The highest BCUT2D eigenvalue weighted by Gasteiger charge is 2.14. The highest BCUT2D eigenvalue weighted by Crippen LogP contribution is 2.28. The Labute approximate surface area is 187 Å². The fourth-order valence-corrected chi connectivity index (χ4v) is 3.94. The minimum absolute atomic E-state index is 0.0418. The van der Waals surface area contributed by atoms with Crippen LogP contribution in [0.25, 0.3) is 5.69 Å². The van der Waals surface area contributed by atoms with Crippen LogP contribution < -0.4 is 9.47 Å². The van der Waals surface area contributed by atoms with E-state index in [4.69, 9.17) is 9.47 Å². The largest absolute Gasteiger partial charge is 0.493 e. The molecule has 0 atom stereocenters. The number of benzene rings is 2. The SMILES string of the molecule is COc1ccc(CCN(C)C(=O)CSc2nncn2-c2ccc(C)c(C)c2)cc1OC. The molecule has 7 nitrogen and oxygen atoms in total. The molecule has 164 valence electrons. The number of methoxy groups -OCH3 is 2. The van der Waals surface area contributed by atoms with Gasteiger partial charge in [0.05, 0.1) is 20.0 Å². The highest BCUT2D eigenvalue weighted by atomic mass is 32.2. The number of aryl methyl sites for hydroxylation is 2. The van der Waals surface area contributed by atoms with Crippen LogP contribution in [0.1, 0.15) is 16.7 Å². The number of carbonyl (C=O) groups is 1. The van der Waals surface area contributed by atoms with E-state index in [1.807, 2.05) is 35.9 Å². The average Bonchev–Trinajstić information content (AvgIpc) is 3.26. The van der Waals surface area contributed by atoms with Gasteiger partial charge in [0, 0.05) is 19.3 Å². The predicted octanol–water partition coefficient (Wildman–Crippen LogP) is 3.69. The summed E-state index contributed by atoms with van der Waals surface area (Å²) in [6.07, 6.45) is 2.41. The average molecular weight is 441 g/mol. The summed E-state index contributed by atoms with van der Waals surface area (Å²) < 4.78 is 12.5. The number of likely N-dealkylation sites (N-methyl/N-ethyl adjacent to an activating group) is 1. The molecule has 0 aliphatic carbocycles. The zero-order valence-corrected chi connectivity index (χ0v) is 19.4. The molecule has 8 heteroatoms. The summed E-state index contributed by atoms with van der Waals surface area (Å²) in [7, 11) is 5.05. The Bertz CT molecular complexity index is 1050. The third-order valence-corrected chi connectivity index (χ3v) is 6.15. The second-order valence-corrected chi connectivity index (χ2v) is 8.24. The number of aromatic nitrogens is 3. The van der Waals surface area contributed by atoms with Gasteiger partial charge in [-0.15, -0.1) is 10.2 Å². The Kier molecular flexibility index (Phi) is 7.57. The number of rotatable bonds is 9. The van der Waals surface area contributed by atoms with Crippen molar-refractivity contribution < 1.29 is 14.3 Å². The fraction of sp³-hybridized carbons (Fsp3) is 0.348. The van der Waals surface area contributed by atoms with Crippen molar-refractivity contribution in [1.29, 1.82) is 0 Å². The van der Waals surface area contributed by atoms with Crippen molar-refractivity contribution in [3.05, 3.63) is 59.4 Å². The number of ether oxygens (including phenoxy) is 2. The van der Waals surface area contributed by atoms with Crippen LogP contribution in [0.3, 0.4) is 0 Å². The fourth-order valence-electron chi connectivity index (χ4n) is 3.07. The normalized spacial score (nSPS) is 10.7. The van der Waals surface area contributed by atoms with Gasteiger partial charge in [0.25, 0.3) is 0 Å². The number of carbonyl (C=O) groups excluding carboxylic acids is 1. The van der Waals surface area contributed by atoms with Gasteiger partial charge >= 0.3 is 0 Å². The molecular weight excluding hydrogens is 412 g/mol. The second kappa shape index (κ2) is 10.3.